The predicted molar refractivity (Wildman–Crippen MR) is 61.2 cm³/mol. The molecule has 0 fully saturated rings. The van der Waals surface area contributed by atoms with E-state index in [1.54, 1.807) is 0 Å². The number of hydrogen-bond acceptors (Lipinski definition) is 2. The summed E-state index contributed by atoms with van der Waals surface area (Å²) in [5, 5.41) is 11.7. The highest BCUT2D eigenvalue weighted by Crippen LogP contribution is 2.11. The number of carbonyl (C=O) groups is 1. The fraction of sp³-hybridized carbons (Fsp3) is 0.417. The Morgan fingerprint density at radius 1 is 1.33 bits per heavy atom. The van der Waals surface area contributed by atoms with E-state index in [4.69, 9.17) is 5.11 Å². The van der Waals surface area contributed by atoms with Crippen molar-refractivity contribution < 1.29 is 9.90 Å². The Morgan fingerprint density at radius 3 is 2.53 bits per heavy atom. The summed E-state index contributed by atoms with van der Waals surface area (Å²) < 4.78 is 0. The molecule has 0 spiro atoms. The van der Waals surface area contributed by atoms with Crippen molar-refractivity contribution in [1.82, 2.24) is 0 Å². The first-order chi connectivity index (χ1) is 7.22. The van der Waals surface area contributed by atoms with Gasteiger partial charge in [0.15, 0.2) is 0 Å². The van der Waals surface area contributed by atoms with Gasteiger partial charge in [0.1, 0.15) is 0 Å². The number of anilines is 1. The van der Waals surface area contributed by atoms with Crippen LogP contribution in [-0.2, 0) is 11.2 Å². The van der Waals surface area contributed by atoms with Gasteiger partial charge in [-0.25, -0.2) is 0 Å². The van der Waals surface area contributed by atoms with E-state index < -0.39 is 5.97 Å². The van der Waals surface area contributed by atoms with Crippen LogP contribution in [-0.4, -0.2) is 17.6 Å². The van der Waals surface area contributed by atoms with Gasteiger partial charge in [0.05, 0.1) is 0 Å². The highest BCUT2D eigenvalue weighted by atomic mass is 16.4. The van der Waals surface area contributed by atoms with E-state index in [2.05, 4.69) is 12.2 Å². The number of aliphatic carboxylic acids is 1. The van der Waals surface area contributed by atoms with Crippen LogP contribution in [0.15, 0.2) is 24.3 Å². The van der Waals surface area contributed by atoms with Crippen LogP contribution in [0.5, 0.6) is 0 Å². The van der Waals surface area contributed by atoms with Crippen LogP contribution in [0.2, 0.25) is 0 Å². The number of hydrogen-bond donors (Lipinski definition) is 2. The molecule has 0 unspecified atom stereocenters. The first-order valence-electron chi connectivity index (χ1n) is 5.27. The highest BCUT2D eigenvalue weighted by Gasteiger charge is 1.98. The van der Waals surface area contributed by atoms with E-state index in [0.29, 0.717) is 6.42 Å². The lowest BCUT2D eigenvalue weighted by Crippen LogP contribution is -1.97. The van der Waals surface area contributed by atoms with Gasteiger partial charge >= 0.3 is 5.97 Å². The summed E-state index contributed by atoms with van der Waals surface area (Å²) >= 11 is 0. The summed E-state index contributed by atoms with van der Waals surface area (Å²) in [7, 11) is 0. The largest absolute Gasteiger partial charge is 0.481 e. The maximum atomic E-state index is 10.3. The summed E-state index contributed by atoms with van der Waals surface area (Å²) in [4.78, 5) is 10.3. The van der Waals surface area contributed by atoms with Gasteiger partial charge in [-0.3, -0.25) is 4.79 Å². The number of carboxylic acid groups (broad SMARTS) is 1. The number of rotatable bonds is 6. The minimum Gasteiger partial charge on any atom is -0.481 e. The molecule has 0 bridgehead atoms. The summed E-state index contributed by atoms with van der Waals surface area (Å²) in [5.74, 6) is -0.723. The number of aryl methyl sites for hydroxylation is 1. The highest BCUT2D eigenvalue weighted by molar-refractivity contribution is 5.66. The van der Waals surface area contributed by atoms with E-state index in [1.807, 2.05) is 24.3 Å². The van der Waals surface area contributed by atoms with Gasteiger partial charge in [0.25, 0.3) is 0 Å². The lowest BCUT2D eigenvalue weighted by atomic mass is 10.1. The summed E-state index contributed by atoms with van der Waals surface area (Å²) in [6.45, 7) is 2.97. The average molecular weight is 207 g/mol. The molecule has 2 N–H and O–H groups in total. The summed E-state index contributed by atoms with van der Waals surface area (Å²) in [6, 6.07) is 8.14. The predicted octanol–water partition coefficient (Wildman–Crippen LogP) is 2.53. The van der Waals surface area contributed by atoms with Crippen molar-refractivity contribution in [3.8, 4) is 0 Å². The van der Waals surface area contributed by atoms with Crippen LogP contribution in [0, 0.1) is 0 Å². The average Bonchev–Trinajstić information content (AvgIpc) is 2.20. The minimum absolute atomic E-state index is 0.245. The second-order valence-electron chi connectivity index (χ2n) is 3.47. The first kappa shape index (κ1) is 11.6. The van der Waals surface area contributed by atoms with Crippen molar-refractivity contribution in [3.63, 3.8) is 0 Å². The standard InChI is InChI=1S/C12H17NO2/c1-2-13-11-8-6-10(7-9-11)4-3-5-12(14)15/h6-9,13H,2-5H2,1H3,(H,14,15). The molecule has 15 heavy (non-hydrogen) atoms. The molecule has 0 aliphatic carbocycles. The van der Waals surface area contributed by atoms with E-state index in [9.17, 15) is 4.79 Å². The molecule has 0 atom stereocenters. The number of benzene rings is 1. The molecule has 0 heterocycles. The molecule has 0 aromatic heterocycles. The monoisotopic (exact) mass is 207 g/mol. The van der Waals surface area contributed by atoms with Crippen LogP contribution in [0.25, 0.3) is 0 Å². The molecule has 0 radical (unpaired) electrons. The van der Waals surface area contributed by atoms with Gasteiger partial charge < -0.3 is 10.4 Å². The quantitative estimate of drug-likeness (QED) is 0.753. The number of nitrogens with one attached hydrogen (secondary N) is 1. The Morgan fingerprint density at radius 2 is 2.00 bits per heavy atom. The molecular formula is C12H17NO2. The molecule has 1 rings (SSSR count). The van der Waals surface area contributed by atoms with Crippen LogP contribution in [0.4, 0.5) is 5.69 Å². The maximum absolute atomic E-state index is 10.3. The Bertz CT molecular complexity index is 306. The second-order valence-corrected chi connectivity index (χ2v) is 3.47. The third kappa shape index (κ3) is 4.49. The van der Waals surface area contributed by atoms with Crippen LogP contribution < -0.4 is 5.32 Å². The topological polar surface area (TPSA) is 49.3 Å². The van der Waals surface area contributed by atoms with Gasteiger partial charge in [0, 0.05) is 18.7 Å². The first-order valence-corrected chi connectivity index (χ1v) is 5.27. The molecular weight excluding hydrogens is 190 g/mol. The minimum atomic E-state index is -0.723. The van der Waals surface area contributed by atoms with Crippen LogP contribution in [0.3, 0.4) is 0 Å². The Hall–Kier alpha value is -1.51. The maximum Gasteiger partial charge on any atom is 0.303 e. The fourth-order valence-electron chi connectivity index (χ4n) is 1.44. The van der Waals surface area contributed by atoms with Crippen molar-refractivity contribution in [2.75, 3.05) is 11.9 Å². The molecule has 0 aliphatic heterocycles. The Kier molecular flexibility index (Phi) is 4.68. The zero-order valence-corrected chi connectivity index (χ0v) is 8.99. The Balaban J connectivity index is 2.39. The molecule has 3 heteroatoms. The van der Waals surface area contributed by atoms with Crippen LogP contribution in [0.1, 0.15) is 25.3 Å². The van der Waals surface area contributed by atoms with Gasteiger partial charge in [-0.05, 0) is 37.5 Å². The molecule has 82 valence electrons. The smallest absolute Gasteiger partial charge is 0.303 e. The van der Waals surface area contributed by atoms with Gasteiger partial charge in [-0.2, -0.15) is 0 Å². The van der Waals surface area contributed by atoms with Crippen molar-refractivity contribution >= 4 is 11.7 Å². The Labute approximate surface area is 90.1 Å². The molecule has 0 saturated carbocycles. The van der Waals surface area contributed by atoms with Crippen molar-refractivity contribution in [1.29, 1.82) is 0 Å². The zero-order valence-electron chi connectivity index (χ0n) is 8.99. The van der Waals surface area contributed by atoms with Crippen LogP contribution >= 0.6 is 0 Å². The van der Waals surface area contributed by atoms with Gasteiger partial charge in [-0.1, -0.05) is 12.1 Å². The number of carboxylic acids is 1. The second kappa shape index (κ2) is 6.06. The van der Waals surface area contributed by atoms with E-state index in [0.717, 1.165) is 18.7 Å². The van der Waals surface area contributed by atoms with Gasteiger partial charge in [0.2, 0.25) is 0 Å². The normalized spacial score (nSPS) is 9.93. The van der Waals surface area contributed by atoms with Gasteiger partial charge in [-0.15, -0.1) is 0 Å². The zero-order chi connectivity index (χ0) is 11.1. The molecule has 0 saturated heterocycles. The molecule has 3 nitrogen and oxygen atoms in total. The molecule has 1 aromatic rings. The molecule has 1 aromatic carbocycles. The van der Waals surface area contributed by atoms with Crippen molar-refractivity contribution in [2.24, 2.45) is 0 Å². The van der Waals surface area contributed by atoms with Crippen molar-refractivity contribution in [3.05, 3.63) is 29.8 Å². The fourth-order valence-corrected chi connectivity index (χ4v) is 1.44. The van der Waals surface area contributed by atoms with Crippen molar-refractivity contribution in [2.45, 2.75) is 26.2 Å². The SMILES string of the molecule is CCNc1ccc(CCCC(=O)O)cc1. The van der Waals surface area contributed by atoms with E-state index in [1.165, 1.54) is 5.56 Å². The molecule has 0 amide bonds. The molecule has 0 aliphatic rings. The van der Waals surface area contributed by atoms with E-state index >= 15 is 0 Å². The lowest BCUT2D eigenvalue weighted by Gasteiger charge is -2.04. The third-order valence-electron chi connectivity index (χ3n) is 2.19. The van der Waals surface area contributed by atoms with E-state index in [-0.39, 0.29) is 6.42 Å². The third-order valence-corrected chi connectivity index (χ3v) is 2.19. The lowest BCUT2D eigenvalue weighted by molar-refractivity contribution is -0.137. The summed E-state index contributed by atoms with van der Waals surface area (Å²) in [6.07, 6.45) is 1.78. The summed E-state index contributed by atoms with van der Waals surface area (Å²) in [5.41, 5.74) is 2.30.